The van der Waals surface area contributed by atoms with Crippen LogP contribution in [0.4, 0.5) is 0 Å². The van der Waals surface area contributed by atoms with E-state index in [0.29, 0.717) is 40.7 Å². The number of hydrazone groups is 1. The fourth-order valence-corrected chi connectivity index (χ4v) is 4.58. The Hall–Kier alpha value is -4.37. The molecule has 1 amide bonds. The zero-order valence-corrected chi connectivity index (χ0v) is 21.1. The number of methoxy groups -OCH3 is 1. The van der Waals surface area contributed by atoms with Gasteiger partial charge in [0.1, 0.15) is 24.0 Å². The van der Waals surface area contributed by atoms with Gasteiger partial charge in [-0.1, -0.05) is 54.1 Å². The molecule has 0 saturated carbocycles. The van der Waals surface area contributed by atoms with E-state index in [1.54, 1.807) is 25.3 Å². The van der Waals surface area contributed by atoms with Crippen LogP contribution < -0.4 is 14.2 Å². The predicted molar refractivity (Wildman–Crippen MR) is 146 cm³/mol. The van der Waals surface area contributed by atoms with Crippen molar-refractivity contribution in [2.45, 2.75) is 6.92 Å². The molecule has 3 aromatic rings. The molecule has 2 aliphatic rings. The number of carbonyl (C=O) groups excluding carboxylic acids is 1. The fourth-order valence-electron chi connectivity index (χ4n) is 3.68. The van der Waals surface area contributed by atoms with Crippen molar-refractivity contribution in [2.24, 2.45) is 10.1 Å². The average molecular weight is 513 g/mol. The molecule has 0 fully saturated rings. The van der Waals surface area contributed by atoms with Gasteiger partial charge in [0.05, 0.1) is 12.7 Å². The van der Waals surface area contributed by atoms with Crippen LogP contribution in [0.1, 0.15) is 16.7 Å². The number of amides is 1. The lowest BCUT2D eigenvalue weighted by Gasteiger charge is -2.20. The minimum Gasteiger partial charge on any atom is -0.493 e. The van der Waals surface area contributed by atoms with Crippen molar-refractivity contribution in [2.75, 3.05) is 20.3 Å². The summed E-state index contributed by atoms with van der Waals surface area (Å²) in [5, 5.41) is 15.6. The molecule has 2 heterocycles. The average Bonchev–Trinajstić information content (AvgIpc) is 3.34. The summed E-state index contributed by atoms with van der Waals surface area (Å²) in [4.78, 5) is 16.9. The van der Waals surface area contributed by atoms with Gasteiger partial charge in [-0.15, -0.1) is 0 Å². The van der Waals surface area contributed by atoms with Crippen LogP contribution in [0.3, 0.4) is 0 Å². The first-order valence-electron chi connectivity index (χ1n) is 11.6. The van der Waals surface area contributed by atoms with E-state index in [1.807, 2.05) is 67.6 Å². The molecule has 0 saturated heterocycles. The number of nitrogens with one attached hydrogen (secondary N) is 1. The third-order valence-corrected chi connectivity index (χ3v) is 6.58. The maximum Gasteiger partial charge on any atom is 0.283 e. The Morgan fingerprint density at radius 1 is 0.946 bits per heavy atom. The van der Waals surface area contributed by atoms with Crippen LogP contribution in [-0.4, -0.2) is 47.3 Å². The summed E-state index contributed by atoms with van der Waals surface area (Å²) >= 11 is 1.28. The van der Waals surface area contributed by atoms with E-state index in [9.17, 15) is 4.79 Å². The Morgan fingerprint density at radius 2 is 1.65 bits per heavy atom. The number of hydrogen-bond donors (Lipinski definition) is 1. The van der Waals surface area contributed by atoms with Crippen LogP contribution >= 0.6 is 11.8 Å². The molecular formula is C28H24N4O4S. The molecule has 8 nitrogen and oxygen atoms in total. The quantitative estimate of drug-likeness (QED) is 0.332. The number of amidine groups is 2. The van der Waals surface area contributed by atoms with Gasteiger partial charge in [-0.05, 0) is 54.6 Å². The van der Waals surface area contributed by atoms with Gasteiger partial charge < -0.3 is 14.2 Å². The monoisotopic (exact) mass is 512 g/mol. The molecular weight excluding hydrogens is 488 g/mol. The first-order chi connectivity index (χ1) is 18.0. The normalized spacial score (nSPS) is 15.8. The number of rotatable bonds is 8. The lowest BCUT2D eigenvalue weighted by atomic mass is 10.1. The second kappa shape index (κ2) is 10.7. The van der Waals surface area contributed by atoms with Crippen LogP contribution in [0.15, 0.2) is 88.5 Å². The number of aliphatic imine (C=N–C) groups is 1. The van der Waals surface area contributed by atoms with Crippen molar-refractivity contribution in [3.63, 3.8) is 0 Å². The third-order valence-electron chi connectivity index (χ3n) is 5.62. The molecule has 9 heteroatoms. The van der Waals surface area contributed by atoms with Crippen molar-refractivity contribution < 1.29 is 19.0 Å². The van der Waals surface area contributed by atoms with Crippen LogP contribution in [0.5, 0.6) is 17.2 Å². The minimum absolute atomic E-state index is 0.00146. The van der Waals surface area contributed by atoms with Crippen LogP contribution in [0, 0.1) is 12.3 Å². The predicted octanol–water partition coefficient (Wildman–Crippen LogP) is 5.13. The van der Waals surface area contributed by atoms with Gasteiger partial charge in [-0.25, -0.2) is 0 Å². The largest absolute Gasteiger partial charge is 0.493 e. The van der Waals surface area contributed by atoms with Gasteiger partial charge in [0.25, 0.3) is 5.91 Å². The van der Waals surface area contributed by atoms with E-state index in [0.717, 1.165) is 16.7 Å². The maximum absolute atomic E-state index is 12.7. The highest BCUT2D eigenvalue weighted by Gasteiger charge is 2.36. The molecule has 2 aliphatic heterocycles. The Morgan fingerprint density at radius 3 is 2.38 bits per heavy atom. The van der Waals surface area contributed by atoms with E-state index in [2.05, 4.69) is 10.1 Å². The van der Waals surface area contributed by atoms with Crippen LogP contribution in [0.25, 0.3) is 6.08 Å². The molecule has 3 aromatic carbocycles. The lowest BCUT2D eigenvalue weighted by Crippen LogP contribution is -2.35. The van der Waals surface area contributed by atoms with E-state index in [1.165, 1.54) is 16.8 Å². The molecule has 5 rings (SSSR count). The molecule has 1 N–H and O–H groups in total. The summed E-state index contributed by atoms with van der Waals surface area (Å²) in [7, 11) is 1.60. The van der Waals surface area contributed by atoms with Crippen molar-refractivity contribution in [3.8, 4) is 17.2 Å². The van der Waals surface area contributed by atoms with Gasteiger partial charge in [-0.3, -0.25) is 10.2 Å². The Labute approximate surface area is 218 Å². The highest BCUT2D eigenvalue weighted by molar-refractivity contribution is 8.27. The number of ether oxygens (including phenoxy) is 3. The summed E-state index contributed by atoms with van der Waals surface area (Å²) in [5.41, 5.74) is 2.99. The van der Waals surface area contributed by atoms with E-state index < -0.39 is 5.91 Å². The highest BCUT2D eigenvalue weighted by Crippen LogP contribution is 2.31. The number of fused-ring (bicyclic) bond motifs is 1. The molecule has 186 valence electrons. The van der Waals surface area contributed by atoms with Gasteiger partial charge in [0.15, 0.2) is 17.3 Å². The molecule has 37 heavy (non-hydrogen) atoms. The Kier molecular flexibility index (Phi) is 7.04. The van der Waals surface area contributed by atoms with E-state index >= 15 is 0 Å². The van der Waals surface area contributed by atoms with E-state index in [4.69, 9.17) is 19.6 Å². The second-order valence-electron chi connectivity index (χ2n) is 8.21. The Balaban J connectivity index is 1.22. The number of benzene rings is 3. The van der Waals surface area contributed by atoms with Gasteiger partial charge in [0.2, 0.25) is 5.17 Å². The van der Waals surface area contributed by atoms with Gasteiger partial charge in [-0.2, -0.15) is 15.1 Å². The number of hydrogen-bond acceptors (Lipinski definition) is 7. The fraction of sp³-hybridized carbons (Fsp3) is 0.143. The van der Waals surface area contributed by atoms with Crippen molar-refractivity contribution in [3.05, 3.63) is 95.1 Å². The third kappa shape index (κ3) is 5.41. The zero-order chi connectivity index (χ0) is 25.8. The smallest absolute Gasteiger partial charge is 0.283 e. The molecule has 0 aliphatic carbocycles. The van der Waals surface area contributed by atoms with Crippen LogP contribution in [0.2, 0.25) is 0 Å². The first-order valence-corrected chi connectivity index (χ1v) is 12.4. The molecule has 0 spiro atoms. The van der Waals surface area contributed by atoms with E-state index in [-0.39, 0.29) is 11.4 Å². The first kappa shape index (κ1) is 24.3. The summed E-state index contributed by atoms with van der Waals surface area (Å²) in [5.74, 6) is 1.53. The molecule has 0 unspecified atom stereocenters. The summed E-state index contributed by atoms with van der Waals surface area (Å²) in [6.45, 7) is 2.73. The van der Waals surface area contributed by atoms with Gasteiger partial charge >= 0.3 is 0 Å². The SMILES string of the molecule is COc1ccccc1OCCOc1ccc(/C=C2/C(=N)N3N=C(c4ccc(C)cc4)SC3=NC2=O)cc1. The number of nitrogens with zero attached hydrogens (tertiary/aromatic N) is 3. The summed E-state index contributed by atoms with van der Waals surface area (Å²) in [6.07, 6.45) is 1.64. The van der Waals surface area contributed by atoms with Crippen molar-refractivity contribution in [1.29, 1.82) is 5.41 Å². The van der Waals surface area contributed by atoms with Crippen molar-refractivity contribution >= 4 is 39.8 Å². The highest BCUT2D eigenvalue weighted by atomic mass is 32.2. The van der Waals surface area contributed by atoms with Crippen molar-refractivity contribution in [1.82, 2.24) is 5.01 Å². The second-order valence-corrected chi connectivity index (χ2v) is 9.16. The minimum atomic E-state index is -0.460. The summed E-state index contributed by atoms with van der Waals surface area (Å²) < 4.78 is 16.8. The van der Waals surface area contributed by atoms with Crippen LogP contribution in [-0.2, 0) is 4.79 Å². The number of carbonyl (C=O) groups is 1. The van der Waals surface area contributed by atoms with Gasteiger partial charge in [0, 0.05) is 5.56 Å². The molecule has 0 bridgehead atoms. The molecule has 0 aromatic heterocycles. The zero-order valence-electron chi connectivity index (χ0n) is 20.3. The Bertz CT molecular complexity index is 1430. The summed E-state index contributed by atoms with van der Waals surface area (Å²) in [6, 6.07) is 22.6. The molecule has 0 radical (unpaired) electrons. The number of aryl methyl sites for hydroxylation is 1. The lowest BCUT2D eigenvalue weighted by molar-refractivity contribution is -0.114. The standard InChI is InChI=1S/C28H24N4O4S/c1-18-7-11-20(12-8-18)27-31-32-25(29)22(26(33)30-28(32)37-27)17-19-9-13-21(14-10-19)35-15-16-36-24-6-4-3-5-23(24)34-2/h3-14,17,29H,15-16H2,1-2H3/b22-17-,29-25?. The number of thioether (sulfide) groups is 1. The molecule has 0 atom stereocenters. The topological polar surface area (TPSA) is 96.6 Å². The number of para-hydroxylation sites is 2. The maximum atomic E-state index is 12.7.